The van der Waals surface area contributed by atoms with Gasteiger partial charge in [0, 0.05) is 41.4 Å². The Morgan fingerprint density at radius 3 is 2.47 bits per heavy atom. The summed E-state index contributed by atoms with van der Waals surface area (Å²) in [6.45, 7) is 10.6. The zero-order chi connectivity index (χ0) is 21.5. The first-order valence-corrected chi connectivity index (χ1v) is 9.79. The minimum absolute atomic E-state index is 0.667. The molecule has 154 valence electrons. The minimum atomic E-state index is 0.667. The van der Waals surface area contributed by atoms with E-state index in [9.17, 15) is 0 Å². The highest BCUT2D eigenvalue weighted by Crippen LogP contribution is 2.32. The smallest absolute Gasteiger partial charge is 0.124 e. The van der Waals surface area contributed by atoms with Crippen molar-refractivity contribution in [1.29, 1.82) is 0 Å². The zero-order valence-electron chi connectivity index (χ0n) is 17.8. The molecule has 3 rings (SSSR count). The largest absolute Gasteiger partial charge is 0.497 e. The molecule has 0 heterocycles. The minimum Gasteiger partial charge on any atom is -0.497 e. The van der Waals surface area contributed by atoms with Gasteiger partial charge in [-0.25, -0.2) is 0 Å². The summed E-state index contributed by atoms with van der Waals surface area (Å²) < 4.78 is 10.9. The summed E-state index contributed by atoms with van der Waals surface area (Å²) in [6, 6.07) is 20.3. The van der Waals surface area contributed by atoms with Crippen LogP contribution in [0.25, 0.3) is 6.08 Å². The van der Waals surface area contributed by atoms with Crippen LogP contribution in [0, 0.1) is 6.92 Å². The topological polar surface area (TPSA) is 33.7 Å². The molecule has 3 aromatic rings. The number of anilines is 3. The van der Waals surface area contributed by atoms with Crippen LogP contribution in [0.1, 0.15) is 16.7 Å². The monoisotopic (exact) mass is 400 g/mol. The van der Waals surface area contributed by atoms with E-state index in [0.717, 1.165) is 45.3 Å². The number of rotatable bonds is 9. The Morgan fingerprint density at radius 2 is 1.80 bits per heavy atom. The van der Waals surface area contributed by atoms with Crippen molar-refractivity contribution < 1.29 is 9.47 Å². The van der Waals surface area contributed by atoms with E-state index < -0.39 is 0 Å². The van der Waals surface area contributed by atoms with E-state index in [-0.39, 0.29) is 0 Å². The number of methoxy groups -OCH3 is 2. The first-order chi connectivity index (χ1) is 14.6. The number of nitrogens with one attached hydrogen (secondary N) is 1. The average Bonchev–Trinajstić information content (AvgIpc) is 2.79. The third-order valence-electron chi connectivity index (χ3n) is 5.00. The van der Waals surface area contributed by atoms with Gasteiger partial charge in [-0.1, -0.05) is 37.4 Å². The van der Waals surface area contributed by atoms with Gasteiger partial charge in [-0.05, 0) is 54.4 Å². The van der Waals surface area contributed by atoms with Gasteiger partial charge >= 0.3 is 0 Å². The van der Waals surface area contributed by atoms with Crippen LogP contribution in [0.3, 0.4) is 0 Å². The molecule has 0 radical (unpaired) electrons. The molecule has 0 saturated heterocycles. The molecule has 3 aromatic carbocycles. The van der Waals surface area contributed by atoms with Crippen LogP contribution < -0.4 is 19.7 Å². The van der Waals surface area contributed by atoms with Crippen molar-refractivity contribution in [3.05, 3.63) is 96.7 Å². The summed E-state index contributed by atoms with van der Waals surface area (Å²) in [6.07, 6.45) is 3.63. The highest BCUT2D eigenvalue weighted by molar-refractivity contribution is 5.72. The Kier molecular flexibility index (Phi) is 6.81. The number of benzene rings is 3. The van der Waals surface area contributed by atoms with E-state index in [1.54, 1.807) is 14.2 Å². The van der Waals surface area contributed by atoms with Crippen molar-refractivity contribution in [3.63, 3.8) is 0 Å². The first kappa shape index (κ1) is 21.1. The van der Waals surface area contributed by atoms with Crippen molar-refractivity contribution >= 4 is 23.1 Å². The quantitative estimate of drug-likeness (QED) is 0.442. The normalized spacial score (nSPS) is 10.2. The Balaban J connectivity index is 1.79. The lowest BCUT2D eigenvalue weighted by molar-refractivity contribution is 0.410. The predicted molar refractivity (Wildman–Crippen MR) is 127 cm³/mol. The summed E-state index contributed by atoms with van der Waals surface area (Å²) in [5.74, 6) is 1.66. The van der Waals surface area contributed by atoms with E-state index in [4.69, 9.17) is 9.47 Å². The Morgan fingerprint density at radius 1 is 0.967 bits per heavy atom. The van der Waals surface area contributed by atoms with Crippen molar-refractivity contribution in [2.75, 3.05) is 24.4 Å². The van der Waals surface area contributed by atoms with Crippen molar-refractivity contribution in [2.45, 2.75) is 13.5 Å². The number of ether oxygens (including phenoxy) is 2. The molecule has 4 nitrogen and oxygen atoms in total. The Bertz CT molecular complexity index is 1040. The van der Waals surface area contributed by atoms with Crippen LogP contribution in [0.2, 0.25) is 0 Å². The maximum absolute atomic E-state index is 5.52. The van der Waals surface area contributed by atoms with Gasteiger partial charge in [0.1, 0.15) is 11.5 Å². The molecule has 0 bridgehead atoms. The summed E-state index contributed by atoms with van der Waals surface area (Å²) in [5.41, 5.74) is 6.38. The molecule has 0 atom stereocenters. The van der Waals surface area contributed by atoms with Crippen LogP contribution in [0.15, 0.2) is 80.0 Å². The molecule has 0 spiro atoms. The van der Waals surface area contributed by atoms with Gasteiger partial charge in [0.05, 0.1) is 14.2 Å². The van der Waals surface area contributed by atoms with E-state index >= 15 is 0 Å². The fourth-order valence-corrected chi connectivity index (χ4v) is 3.37. The molecular weight excluding hydrogens is 372 g/mol. The fraction of sp³-hybridized carbons (Fsp3) is 0.154. The van der Waals surface area contributed by atoms with Crippen molar-refractivity contribution in [2.24, 2.45) is 0 Å². The molecule has 0 aliphatic rings. The lowest BCUT2D eigenvalue weighted by Gasteiger charge is -2.23. The average molecular weight is 401 g/mol. The van der Waals surface area contributed by atoms with Gasteiger partial charge in [0.25, 0.3) is 0 Å². The van der Waals surface area contributed by atoms with Crippen LogP contribution in [-0.2, 0) is 6.54 Å². The summed E-state index contributed by atoms with van der Waals surface area (Å²) in [7, 11) is 3.36. The molecule has 0 amide bonds. The maximum atomic E-state index is 5.52. The van der Waals surface area contributed by atoms with E-state index in [0.29, 0.717) is 6.54 Å². The number of hydrogen-bond donors (Lipinski definition) is 1. The second-order valence-electron chi connectivity index (χ2n) is 6.88. The molecule has 4 heteroatoms. The van der Waals surface area contributed by atoms with Gasteiger partial charge in [0.2, 0.25) is 0 Å². The summed E-state index contributed by atoms with van der Waals surface area (Å²) in [5, 5.41) is 3.49. The summed E-state index contributed by atoms with van der Waals surface area (Å²) >= 11 is 0. The van der Waals surface area contributed by atoms with Crippen molar-refractivity contribution in [3.8, 4) is 11.5 Å². The van der Waals surface area contributed by atoms with Crippen LogP contribution in [0.5, 0.6) is 11.5 Å². The number of hydrogen-bond acceptors (Lipinski definition) is 4. The number of nitrogens with zero attached hydrogens (tertiary/aromatic N) is 1. The lowest BCUT2D eigenvalue weighted by Crippen LogP contribution is -2.10. The van der Waals surface area contributed by atoms with Crippen molar-refractivity contribution in [1.82, 2.24) is 0 Å². The van der Waals surface area contributed by atoms with Gasteiger partial charge in [-0.2, -0.15) is 0 Å². The van der Waals surface area contributed by atoms with E-state index in [1.807, 2.05) is 48.7 Å². The second kappa shape index (κ2) is 9.70. The molecule has 0 fully saturated rings. The highest BCUT2D eigenvalue weighted by Gasteiger charge is 2.11. The third kappa shape index (κ3) is 4.66. The molecule has 0 aliphatic heterocycles. The standard InChI is InChI=1S/C26H28N2O2/c1-6-20-11-12-21(26(16-20)30-5)18-27-22-13-14-25(19(3)15-22)28(7-2)23-9-8-10-24(17-23)29-4/h6-17,27H,1-2,18H2,3-5H3. The fourth-order valence-electron chi connectivity index (χ4n) is 3.37. The molecule has 0 aliphatic carbocycles. The van der Waals surface area contributed by atoms with Gasteiger partial charge in [0.15, 0.2) is 0 Å². The molecule has 30 heavy (non-hydrogen) atoms. The lowest BCUT2D eigenvalue weighted by atomic mass is 10.1. The van der Waals surface area contributed by atoms with Crippen LogP contribution >= 0.6 is 0 Å². The SMILES string of the molecule is C=Cc1ccc(CNc2ccc(N(C=C)c3cccc(OC)c3)c(C)c2)c(OC)c1. The Hall–Kier alpha value is -3.66. The first-order valence-electron chi connectivity index (χ1n) is 9.79. The second-order valence-corrected chi connectivity index (χ2v) is 6.88. The van der Waals surface area contributed by atoms with Crippen LogP contribution in [-0.4, -0.2) is 14.2 Å². The van der Waals surface area contributed by atoms with E-state index in [1.165, 1.54) is 0 Å². The highest BCUT2D eigenvalue weighted by atomic mass is 16.5. The molecule has 0 unspecified atom stereocenters. The number of aryl methyl sites for hydroxylation is 1. The molecule has 0 aromatic heterocycles. The third-order valence-corrected chi connectivity index (χ3v) is 5.00. The molecule has 0 saturated carbocycles. The summed E-state index contributed by atoms with van der Waals surface area (Å²) in [4.78, 5) is 2.05. The predicted octanol–water partition coefficient (Wildman–Crippen LogP) is 6.55. The zero-order valence-corrected chi connectivity index (χ0v) is 17.8. The van der Waals surface area contributed by atoms with Gasteiger partial charge in [-0.15, -0.1) is 0 Å². The molecular formula is C26H28N2O2. The molecule has 1 N–H and O–H groups in total. The van der Waals surface area contributed by atoms with E-state index in [2.05, 4.69) is 54.6 Å². The Labute approximate surface area is 179 Å². The van der Waals surface area contributed by atoms with Gasteiger partial charge < -0.3 is 19.7 Å². The van der Waals surface area contributed by atoms with Gasteiger partial charge in [-0.3, -0.25) is 0 Å². The van der Waals surface area contributed by atoms with Crippen LogP contribution in [0.4, 0.5) is 17.1 Å². The maximum Gasteiger partial charge on any atom is 0.124 e.